The molecule has 0 radical (unpaired) electrons. The van der Waals surface area contributed by atoms with E-state index in [0.29, 0.717) is 13.1 Å². The molecule has 19 heavy (non-hydrogen) atoms. The minimum Gasteiger partial charge on any atom is -0.353 e. The monoisotopic (exact) mass is 278 g/mol. The highest BCUT2D eigenvalue weighted by molar-refractivity contribution is 8.00. The summed E-state index contributed by atoms with van der Waals surface area (Å²) in [6, 6.07) is 8.11. The number of benzene rings is 1. The summed E-state index contributed by atoms with van der Waals surface area (Å²) in [5.74, 6) is -0.0486. The number of piperazine rings is 1. The molecule has 1 N–H and O–H groups in total. The Morgan fingerprint density at radius 1 is 1.37 bits per heavy atom. The lowest BCUT2D eigenvalue weighted by Crippen LogP contribution is -2.51. The van der Waals surface area contributed by atoms with Crippen molar-refractivity contribution in [3.05, 3.63) is 29.8 Å². The largest absolute Gasteiger partial charge is 0.353 e. The molecular weight excluding hydrogens is 260 g/mol. The molecule has 1 atom stereocenters. The number of carbonyl (C=O) groups is 2. The summed E-state index contributed by atoms with van der Waals surface area (Å²) >= 11 is 1.53. The number of nitrogens with zero attached hydrogens (tertiary/aromatic N) is 1. The summed E-state index contributed by atoms with van der Waals surface area (Å²) in [6.45, 7) is 5.25. The van der Waals surface area contributed by atoms with Crippen molar-refractivity contribution in [1.29, 1.82) is 0 Å². The van der Waals surface area contributed by atoms with Crippen LogP contribution in [0.2, 0.25) is 0 Å². The first-order valence-corrected chi connectivity index (χ1v) is 7.23. The minimum atomic E-state index is -0.173. The van der Waals surface area contributed by atoms with Gasteiger partial charge in [-0.05, 0) is 26.0 Å². The Hall–Kier alpha value is -1.49. The lowest BCUT2D eigenvalue weighted by molar-refractivity contribution is -0.137. The molecule has 2 rings (SSSR count). The lowest BCUT2D eigenvalue weighted by Gasteiger charge is -2.28. The van der Waals surface area contributed by atoms with Crippen LogP contribution in [0.3, 0.4) is 0 Å². The highest BCUT2D eigenvalue weighted by Gasteiger charge is 2.25. The number of thioether (sulfide) groups is 1. The molecule has 0 bridgehead atoms. The van der Waals surface area contributed by atoms with Gasteiger partial charge in [0.1, 0.15) is 0 Å². The van der Waals surface area contributed by atoms with Gasteiger partial charge < -0.3 is 10.2 Å². The maximum Gasteiger partial charge on any atom is 0.239 e. The second-order valence-electron chi connectivity index (χ2n) is 4.68. The fourth-order valence-electron chi connectivity index (χ4n) is 1.96. The fourth-order valence-corrected chi connectivity index (χ4v) is 2.91. The Balaban J connectivity index is 1.95. The molecule has 1 aromatic rings. The van der Waals surface area contributed by atoms with Crippen molar-refractivity contribution in [1.82, 2.24) is 10.2 Å². The third-order valence-corrected chi connectivity index (χ3v) is 4.13. The predicted molar refractivity (Wildman–Crippen MR) is 76.1 cm³/mol. The van der Waals surface area contributed by atoms with Crippen molar-refractivity contribution >= 4 is 23.6 Å². The van der Waals surface area contributed by atoms with Gasteiger partial charge in [-0.15, -0.1) is 11.8 Å². The molecule has 1 aliphatic rings. The number of carbonyl (C=O) groups excluding carboxylic acids is 2. The normalized spacial score (nSPS) is 16.9. The van der Waals surface area contributed by atoms with E-state index in [1.54, 1.807) is 4.90 Å². The first-order valence-electron chi connectivity index (χ1n) is 6.35. The van der Waals surface area contributed by atoms with Gasteiger partial charge in [-0.25, -0.2) is 0 Å². The molecule has 1 fully saturated rings. The van der Waals surface area contributed by atoms with E-state index in [1.165, 1.54) is 17.3 Å². The summed E-state index contributed by atoms with van der Waals surface area (Å²) in [4.78, 5) is 26.2. The van der Waals surface area contributed by atoms with Crippen LogP contribution in [0.15, 0.2) is 29.2 Å². The van der Waals surface area contributed by atoms with Crippen LogP contribution in [0.5, 0.6) is 0 Å². The van der Waals surface area contributed by atoms with Crippen molar-refractivity contribution in [3.8, 4) is 0 Å². The van der Waals surface area contributed by atoms with Crippen LogP contribution >= 0.6 is 11.8 Å². The summed E-state index contributed by atoms with van der Waals surface area (Å²) in [6.07, 6.45) is 0. The Bertz CT molecular complexity index is 473. The smallest absolute Gasteiger partial charge is 0.239 e. The number of aryl methyl sites for hydroxylation is 1. The van der Waals surface area contributed by atoms with Gasteiger partial charge in [-0.3, -0.25) is 9.59 Å². The van der Waals surface area contributed by atoms with E-state index in [9.17, 15) is 9.59 Å². The van der Waals surface area contributed by atoms with E-state index in [2.05, 4.69) is 5.32 Å². The van der Waals surface area contributed by atoms with Crippen LogP contribution < -0.4 is 5.32 Å². The van der Waals surface area contributed by atoms with Gasteiger partial charge >= 0.3 is 0 Å². The van der Waals surface area contributed by atoms with Gasteiger partial charge in [0.15, 0.2) is 0 Å². The van der Waals surface area contributed by atoms with E-state index in [4.69, 9.17) is 0 Å². The summed E-state index contributed by atoms with van der Waals surface area (Å²) < 4.78 is 0. The molecule has 1 saturated heterocycles. The van der Waals surface area contributed by atoms with Gasteiger partial charge in [0.05, 0.1) is 11.8 Å². The number of rotatable bonds is 3. The van der Waals surface area contributed by atoms with Gasteiger partial charge in [0, 0.05) is 18.0 Å². The molecule has 1 aliphatic heterocycles. The zero-order valence-corrected chi connectivity index (χ0v) is 12.0. The van der Waals surface area contributed by atoms with Crippen LogP contribution in [-0.2, 0) is 9.59 Å². The van der Waals surface area contributed by atoms with Crippen LogP contribution in [0, 0.1) is 6.92 Å². The van der Waals surface area contributed by atoms with Crippen LogP contribution in [-0.4, -0.2) is 41.6 Å². The predicted octanol–water partition coefficient (Wildman–Crippen LogP) is 1.43. The van der Waals surface area contributed by atoms with Gasteiger partial charge in [-0.2, -0.15) is 0 Å². The average Bonchev–Trinajstić information content (AvgIpc) is 2.40. The topological polar surface area (TPSA) is 49.4 Å². The van der Waals surface area contributed by atoms with Crippen LogP contribution in [0.1, 0.15) is 12.5 Å². The molecule has 0 aromatic heterocycles. The van der Waals surface area contributed by atoms with Gasteiger partial charge in [0.2, 0.25) is 11.8 Å². The molecule has 2 amide bonds. The molecule has 1 aromatic carbocycles. The fraction of sp³-hybridized carbons (Fsp3) is 0.429. The highest BCUT2D eigenvalue weighted by Crippen LogP contribution is 2.24. The maximum atomic E-state index is 12.2. The lowest BCUT2D eigenvalue weighted by atomic mass is 10.2. The van der Waals surface area contributed by atoms with Crippen molar-refractivity contribution in [3.63, 3.8) is 0 Å². The zero-order valence-electron chi connectivity index (χ0n) is 11.2. The van der Waals surface area contributed by atoms with Crippen LogP contribution in [0.25, 0.3) is 0 Å². The summed E-state index contributed by atoms with van der Waals surface area (Å²) in [7, 11) is 0. The third kappa shape index (κ3) is 3.73. The van der Waals surface area contributed by atoms with E-state index in [0.717, 1.165) is 4.90 Å². The number of hydrogen-bond donors (Lipinski definition) is 1. The standard InChI is InChI=1S/C14H18N2O2S/c1-10-3-5-12(6-4-10)19-11(2)14(18)16-8-7-15-13(17)9-16/h3-6,11H,7-9H2,1-2H3,(H,15,17)/t11-/m0/s1. The molecule has 102 valence electrons. The molecule has 1 heterocycles. The third-order valence-electron chi connectivity index (χ3n) is 3.03. The van der Waals surface area contributed by atoms with Crippen molar-refractivity contribution < 1.29 is 9.59 Å². The maximum absolute atomic E-state index is 12.2. The second kappa shape index (κ2) is 6.10. The Labute approximate surface area is 117 Å². The van der Waals surface area contributed by atoms with Crippen molar-refractivity contribution in [2.75, 3.05) is 19.6 Å². The summed E-state index contributed by atoms with van der Waals surface area (Å²) in [5, 5.41) is 2.55. The SMILES string of the molecule is Cc1ccc(S[C@@H](C)C(=O)N2CCNC(=O)C2)cc1. The molecule has 5 heteroatoms. The first-order chi connectivity index (χ1) is 9.06. The molecule has 0 aliphatic carbocycles. The molecule has 0 spiro atoms. The zero-order chi connectivity index (χ0) is 13.8. The summed E-state index contributed by atoms with van der Waals surface area (Å²) in [5.41, 5.74) is 1.20. The Kier molecular flexibility index (Phi) is 4.47. The first kappa shape index (κ1) is 13.9. The van der Waals surface area contributed by atoms with E-state index < -0.39 is 0 Å². The van der Waals surface area contributed by atoms with Gasteiger partial charge in [0.25, 0.3) is 0 Å². The Morgan fingerprint density at radius 3 is 2.68 bits per heavy atom. The number of hydrogen-bond acceptors (Lipinski definition) is 3. The molecule has 0 unspecified atom stereocenters. The van der Waals surface area contributed by atoms with E-state index in [-0.39, 0.29) is 23.6 Å². The average molecular weight is 278 g/mol. The molecule has 4 nitrogen and oxygen atoms in total. The highest BCUT2D eigenvalue weighted by atomic mass is 32.2. The van der Waals surface area contributed by atoms with E-state index in [1.807, 2.05) is 38.1 Å². The number of nitrogens with one attached hydrogen (secondary N) is 1. The van der Waals surface area contributed by atoms with Crippen LogP contribution in [0.4, 0.5) is 0 Å². The van der Waals surface area contributed by atoms with E-state index >= 15 is 0 Å². The Morgan fingerprint density at radius 2 is 2.05 bits per heavy atom. The molecular formula is C14H18N2O2S. The number of amides is 2. The van der Waals surface area contributed by atoms with Gasteiger partial charge in [-0.1, -0.05) is 17.7 Å². The second-order valence-corrected chi connectivity index (χ2v) is 6.10. The van der Waals surface area contributed by atoms with Crippen molar-refractivity contribution in [2.24, 2.45) is 0 Å². The quantitative estimate of drug-likeness (QED) is 0.851. The van der Waals surface area contributed by atoms with Crippen molar-refractivity contribution in [2.45, 2.75) is 24.0 Å². The minimum absolute atomic E-state index is 0.0282. The molecule has 0 saturated carbocycles.